The summed E-state index contributed by atoms with van der Waals surface area (Å²) >= 11 is 0. The summed E-state index contributed by atoms with van der Waals surface area (Å²) in [6.07, 6.45) is 1.28. The average molecular weight is 290 g/mol. The second kappa shape index (κ2) is 8.57. The van der Waals surface area contributed by atoms with E-state index >= 15 is 0 Å². The Morgan fingerprint density at radius 2 is 1.71 bits per heavy atom. The van der Waals surface area contributed by atoms with Crippen LogP contribution in [0.4, 0.5) is 0 Å². The number of carbonyl (C=O) groups is 2. The molecule has 0 aliphatic rings. The van der Waals surface area contributed by atoms with Crippen LogP contribution >= 0.6 is 0 Å². The predicted molar refractivity (Wildman–Crippen MR) is 85.1 cm³/mol. The van der Waals surface area contributed by atoms with Gasteiger partial charge in [-0.3, -0.25) is 9.59 Å². The second-order valence-electron chi connectivity index (χ2n) is 5.83. The Morgan fingerprint density at radius 1 is 1.10 bits per heavy atom. The molecule has 0 heterocycles. The Hall–Kier alpha value is -1.68. The standard InChI is InChI=1S/C17H26N2O2/c1-12(2)10-16(18-4)17(21)19-15(13(3)20)11-14-8-6-5-7-9-14/h5-9,12,15-16,18H,10-11H2,1-4H3,(H,19,21)/t15-,16-/m0/s1. The summed E-state index contributed by atoms with van der Waals surface area (Å²) in [5, 5.41) is 5.89. The van der Waals surface area contributed by atoms with Crippen molar-refractivity contribution in [2.75, 3.05) is 7.05 Å². The van der Waals surface area contributed by atoms with Crippen LogP contribution in [0.15, 0.2) is 30.3 Å². The number of likely N-dealkylation sites (N-methyl/N-ethyl adjacent to an activating group) is 1. The van der Waals surface area contributed by atoms with Crippen LogP contribution in [0.1, 0.15) is 32.8 Å². The lowest BCUT2D eigenvalue weighted by Gasteiger charge is -2.22. The maximum absolute atomic E-state index is 12.3. The number of amides is 1. The highest BCUT2D eigenvalue weighted by atomic mass is 16.2. The Labute approximate surface area is 127 Å². The Bertz CT molecular complexity index is 457. The summed E-state index contributed by atoms with van der Waals surface area (Å²) in [5.74, 6) is 0.284. The van der Waals surface area contributed by atoms with Gasteiger partial charge >= 0.3 is 0 Å². The molecule has 0 aromatic heterocycles. The lowest BCUT2D eigenvalue weighted by molar-refractivity contribution is -0.128. The first-order valence-corrected chi connectivity index (χ1v) is 7.46. The van der Waals surface area contributed by atoms with Gasteiger partial charge in [0.1, 0.15) is 0 Å². The van der Waals surface area contributed by atoms with Crippen molar-refractivity contribution in [3.63, 3.8) is 0 Å². The van der Waals surface area contributed by atoms with Gasteiger partial charge in [-0.15, -0.1) is 0 Å². The number of ketones is 1. The van der Waals surface area contributed by atoms with Crippen molar-refractivity contribution < 1.29 is 9.59 Å². The van der Waals surface area contributed by atoms with Gasteiger partial charge in [0.15, 0.2) is 5.78 Å². The topological polar surface area (TPSA) is 58.2 Å². The summed E-state index contributed by atoms with van der Waals surface area (Å²) in [6.45, 7) is 5.67. The molecule has 0 saturated heterocycles. The van der Waals surface area contributed by atoms with Crippen LogP contribution in [0.3, 0.4) is 0 Å². The number of hydrogen-bond donors (Lipinski definition) is 2. The van der Waals surface area contributed by atoms with Crippen molar-refractivity contribution >= 4 is 11.7 Å². The molecule has 21 heavy (non-hydrogen) atoms. The van der Waals surface area contributed by atoms with E-state index in [1.165, 1.54) is 6.92 Å². The number of nitrogens with one attached hydrogen (secondary N) is 2. The fourth-order valence-electron chi connectivity index (χ4n) is 2.25. The van der Waals surface area contributed by atoms with Crippen LogP contribution in [0.5, 0.6) is 0 Å². The molecule has 0 bridgehead atoms. The molecule has 4 heteroatoms. The second-order valence-corrected chi connectivity index (χ2v) is 5.83. The zero-order chi connectivity index (χ0) is 15.8. The van der Waals surface area contributed by atoms with Gasteiger partial charge in [0.05, 0.1) is 12.1 Å². The molecule has 1 rings (SSSR count). The molecule has 0 radical (unpaired) electrons. The first-order valence-electron chi connectivity index (χ1n) is 7.46. The van der Waals surface area contributed by atoms with Crippen LogP contribution in [-0.2, 0) is 16.0 Å². The fraction of sp³-hybridized carbons (Fsp3) is 0.529. The minimum absolute atomic E-state index is 0.0217. The summed E-state index contributed by atoms with van der Waals surface area (Å²) < 4.78 is 0. The monoisotopic (exact) mass is 290 g/mol. The molecule has 116 valence electrons. The third kappa shape index (κ3) is 6.08. The Morgan fingerprint density at radius 3 is 2.19 bits per heavy atom. The summed E-state index contributed by atoms with van der Waals surface area (Å²) in [6, 6.07) is 9.00. The lowest BCUT2D eigenvalue weighted by Crippen LogP contribution is -2.50. The third-order valence-corrected chi connectivity index (χ3v) is 3.46. The van der Waals surface area contributed by atoms with Gasteiger partial charge in [0.25, 0.3) is 0 Å². The summed E-state index contributed by atoms with van der Waals surface area (Å²) in [5.41, 5.74) is 1.04. The van der Waals surface area contributed by atoms with Crippen molar-refractivity contribution in [1.29, 1.82) is 0 Å². The van der Waals surface area contributed by atoms with E-state index in [1.807, 2.05) is 30.3 Å². The fourth-order valence-corrected chi connectivity index (χ4v) is 2.25. The molecule has 0 unspecified atom stereocenters. The highest BCUT2D eigenvalue weighted by Gasteiger charge is 2.23. The van der Waals surface area contributed by atoms with Crippen LogP contribution in [0, 0.1) is 5.92 Å². The van der Waals surface area contributed by atoms with Crippen LogP contribution in [0.2, 0.25) is 0 Å². The Balaban J connectivity index is 2.69. The molecule has 2 N–H and O–H groups in total. The van der Waals surface area contributed by atoms with Crippen molar-refractivity contribution in [3.8, 4) is 0 Å². The molecule has 0 saturated carbocycles. The van der Waals surface area contributed by atoms with Gasteiger partial charge in [0.2, 0.25) is 5.91 Å². The summed E-state index contributed by atoms with van der Waals surface area (Å²) in [4.78, 5) is 24.1. The minimum atomic E-state index is -0.470. The van der Waals surface area contributed by atoms with Gasteiger partial charge in [-0.25, -0.2) is 0 Å². The normalized spacial score (nSPS) is 13.8. The van der Waals surface area contributed by atoms with Gasteiger partial charge in [-0.1, -0.05) is 44.2 Å². The van der Waals surface area contributed by atoms with Crippen molar-refractivity contribution in [2.45, 2.75) is 45.7 Å². The third-order valence-electron chi connectivity index (χ3n) is 3.46. The number of carbonyl (C=O) groups excluding carboxylic acids is 2. The van der Waals surface area contributed by atoms with E-state index in [2.05, 4.69) is 24.5 Å². The van der Waals surface area contributed by atoms with Gasteiger partial charge in [-0.05, 0) is 38.3 Å². The number of rotatable bonds is 8. The highest BCUT2D eigenvalue weighted by Crippen LogP contribution is 2.07. The first-order chi connectivity index (χ1) is 9.93. The minimum Gasteiger partial charge on any atom is -0.345 e. The smallest absolute Gasteiger partial charge is 0.237 e. The molecule has 0 aliphatic heterocycles. The molecule has 0 fully saturated rings. The van der Waals surface area contributed by atoms with Crippen LogP contribution in [-0.4, -0.2) is 30.8 Å². The molecule has 2 atom stereocenters. The van der Waals surface area contributed by atoms with E-state index < -0.39 is 6.04 Å². The largest absolute Gasteiger partial charge is 0.345 e. The van der Waals surface area contributed by atoms with E-state index in [4.69, 9.17) is 0 Å². The highest BCUT2D eigenvalue weighted by molar-refractivity contribution is 5.89. The molecular formula is C17H26N2O2. The zero-order valence-corrected chi connectivity index (χ0v) is 13.3. The van der Waals surface area contributed by atoms with Crippen molar-refractivity contribution in [2.24, 2.45) is 5.92 Å². The SMILES string of the molecule is CN[C@@H](CC(C)C)C(=O)N[C@@H](Cc1ccccc1)C(C)=O. The molecular weight excluding hydrogens is 264 g/mol. The quantitative estimate of drug-likeness (QED) is 0.769. The van der Waals surface area contributed by atoms with Gasteiger partial charge in [0, 0.05) is 0 Å². The number of benzene rings is 1. The maximum atomic E-state index is 12.3. The van der Waals surface area contributed by atoms with E-state index in [9.17, 15) is 9.59 Å². The lowest BCUT2D eigenvalue weighted by atomic mass is 10.0. The van der Waals surface area contributed by atoms with Crippen molar-refractivity contribution in [3.05, 3.63) is 35.9 Å². The number of Topliss-reactive ketones (excluding diaryl/α,β-unsaturated/α-hetero) is 1. The van der Waals surface area contributed by atoms with E-state index in [0.717, 1.165) is 12.0 Å². The van der Waals surface area contributed by atoms with Gasteiger partial charge in [-0.2, -0.15) is 0 Å². The average Bonchev–Trinajstić information content (AvgIpc) is 2.44. The maximum Gasteiger partial charge on any atom is 0.237 e. The molecule has 4 nitrogen and oxygen atoms in total. The van der Waals surface area contributed by atoms with E-state index in [-0.39, 0.29) is 17.7 Å². The first kappa shape index (κ1) is 17.4. The van der Waals surface area contributed by atoms with Crippen LogP contribution in [0.25, 0.3) is 0 Å². The zero-order valence-electron chi connectivity index (χ0n) is 13.3. The predicted octanol–water partition coefficient (Wildman–Crippen LogP) is 1.94. The number of hydrogen-bond acceptors (Lipinski definition) is 3. The van der Waals surface area contributed by atoms with Crippen LogP contribution < -0.4 is 10.6 Å². The molecule has 0 aliphatic carbocycles. The van der Waals surface area contributed by atoms with Gasteiger partial charge < -0.3 is 10.6 Å². The Kier molecular flexibility index (Phi) is 7.09. The molecule has 0 spiro atoms. The molecule has 1 aromatic carbocycles. The summed E-state index contributed by atoms with van der Waals surface area (Å²) in [7, 11) is 1.77. The van der Waals surface area contributed by atoms with E-state index in [1.54, 1.807) is 7.05 Å². The van der Waals surface area contributed by atoms with E-state index in [0.29, 0.717) is 12.3 Å². The van der Waals surface area contributed by atoms with Crippen molar-refractivity contribution in [1.82, 2.24) is 10.6 Å². The molecule has 1 aromatic rings. The molecule has 1 amide bonds.